The molecule has 1 heterocycles. The van der Waals surface area contributed by atoms with Gasteiger partial charge in [-0.3, -0.25) is 0 Å². The number of fused-ring (bicyclic) bond motifs is 8. The van der Waals surface area contributed by atoms with Crippen LogP contribution in [0.3, 0.4) is 0 Å². The van der Waals surface area contributed by atoms with Gasteiger partial charge >= 0.3 is 0 Å². The van der Waals surface area contributed by atoms with Gasteiger partial charge in [0.15, 0.2) is 0 Å². The zero-order valence-electron chi connectivity index (χ0n) is 24.5. The van der Waals surface area contributed by atoms with Crippen molar-refractivity contribution in [2.24, 2.45) is 0 Å². The molecule has 1 nitrogen and oxygen atoms in total. The third-order valence-corrected chi connectivity index (χ3v) is 14.4. The van der Waals surface area contributed by atoms with Crippen molar-refractivity contribution in [1.82, 2.24) is 0 Å². The molecule has 3 heteroatoms. The highest BCUT2D eigenvalue weighted by Gasteiger charge is 2.29. The Morgan fingerprint density at radius 1 is 0.535 bits per heavy atom. The van der Waals surface area contributed by atoms with E-state index in [9.17, 15) is 0 Å². The van der Waals surface area contributed by atoms with Crippen LogP contribution in [0.15, 0.2) is 133 Å². The zero-order valence-corrected chi connectivity index (χ0v) is 26.4. The number of benzene rings is 7. The summed E-state index contributed by atoms with van der Waals surface area (Å²) in [4.78, 5) is 0. The maximum Gasteiger partial charge on any atom is 0.124 e. The first-order valence-corrected chi connectivity index (χ1v) is 18.7. The van der Waals surface area contributed by atoms with Gasteiger partial charge in [0.2, 0.25) is 0 Å². The standard InChI is InChI=1S/C40H32OPSi/c1-41-35-24-23-29-13-5-8-16-34(29)40(35)43(2)37-18-10-9-17-36(37)42-25-30-21-19-27-11-3-6-14-32(27)38(30)39-31(26-42)22-20-28-12-4-7-15-33(28)39/h3-24H,25-26H2,1-2H3. The van der Waals surface area contributed by atoms with E-state index in [2.05, 4.69) is 140 Å². The molecule has 207 valence electrons. The van der Waals surface area contributed by atoms with Crippen molar-refractivity contribution in [1.29, 1.82) is 0 Å². The van der Waals surface area contributed by atoms with Crippen LogP contribution in [0, 0.1) is 0 Å². The minimum Gasteiger partial charge on any atom is -0.497 e. The molecular formula is C40H32OPSi. The Hall–Kier alpha value is -4.23. The highest BCUT2D eigenvalue weighted by molar-refractivity contribution is 7.64. The molecule has 1 aliphatic heterocycles. The first-order valence-electron chi connectivity index (χ1n) is 15.0. The maximum atomic E-state index is 6.01. The summed E-state index contributed by atoms with van der Waals surface area (Å²) >= 11 is 0. The second kappa shape index (κ2) is 10.8. The fourth-order valence-electron chi connectivity index (χ4n) is 7.13. The highest BCUT2D eigenvalue weighted by Crippen LogP contribution is 2.52. The van der Waals surface area contributed by atoms with Crippen molar-refractivity contribution in [2.45, 2.75) is 18.9 Å². The lowest BCUT2D eigenvalue weighted by molar-refractivity contribution is 0.418. The molecule has 7 aromatic rings. The molecular weight excluding hydrogens is 555 g/mol. The summed E-state index contributed by atoms with van der Waals surface area (Å²) in [6.45, 7) is 2.46. The molecule has 43 heavy (non-hydrogen) atoms. The van der Waals surface area contributed by atoms with Crippen LogP contribution in [0.4, 0.5) is 0 Å². The average molecular weight is 588 g/mol. The lowest BCUT2D eigenvalue weighted by atomic mass is 9.88. The topological polar surface area (TPSA) is 9.23 Å². The van der Waals surface area contributed by atoms with Crippen LogP contribution in [-0.4, -0.2) is 15.9 Å². The minimum atomic E-state index is -1.13. The summed E-state index contributed by atoms with van der Waals surface area (Å²) in [6, 6.07) is 49.8. The van der Waals surface area contributed by atoms with E-state index in [1.807, 2.05) is 7.11 Å². The van der Waals surface area contributed by atoms with E-state index in [4.69, 9.17) is 4.74 Å². The van der Waals surface area contributed by atoms with Gasteiger partial charge < -0.3 is 4.74 Å². The maximum absolute atomic E-state index is 6.01. The van der Waals surface area contributed by atoms with Gasteiger partial charge in [-0.1, -0.05) is 142 Å². The number of ether oxygens (including phenoxy) is 1. The lowest BCUT2D eigenvalue weighted by Crippen LogP contribution is -2.47. The van der Waals surface area contributed by atoms with Gasteiger partial charge in [0.25, 0.3) is 0 Å². The molecule has 0 aromatic heterocycles. The number of hydrogen-bond donors (Lipinski definition) is 0. The molecule has 1 radical (unpaired) electrons. The Labute approximate surface area is 256 Å². The molecule has 0 atom stereocenters. The van der Waals surface area contributed by atoms with E-state index in [0.29, 0.717) is 0 Å². The molecule has 7 aromatic carbocycles. The number of hydrogen-bond acceptors (Lipinski definition) is 1. The first kappa shape index (κ1) is 26.4. The van der Waals surface area contributed by atoms with Crippen molar-refractivity contribution < 1.29 is 4.74 Å². The molecule has 0 saturated carbocycles. The SMILES string of the molecule is COc1ccc2ccccc2c1[Si](C)c1ccccc1P1Cc2ccc3ccccc3c2-c2c(ccc3ccccc23)C1. The molecule has 0 fully saturated rings. The molecule has 0 amide bonds. The summed E-state index contributed by atoms with van der Waals surface area (Å²) in [6.07, 6.45) is 2.16. The molecule has 0 N–H and O–H groups in total. The smallest absolute Gasteiger partial charge is 0.124 e. The fourth-order valence-corrected chi connectivity index (χ4v) is 12.9. The third kappa shape index (κ3) is 4.40. The van der Waals surface area contributed by atoms with Crippen molar-refractivity contribution in [3.63, 3.8) is 0 Å². The second-order valence-corrected chi connectivity index (χ2v) is 16.0. The average Bonchev–Trinajstić information content (AvgIpc) is 3.25. The summed E-state index contributed by atoms with van der Waals surface area (Å²) in [5.41, 5.74) is 5.82. The predicted octanol–water partition coefficient (Wildman–Crippen LogP) is 8.88. The van der Waals surface area contributed by atoms with E-state index in [1.165, 1.54) is 64.9 Å². The monoisotopic (exact) mass is 587 g/mol. The Morgan fingerprint density at radius 2 is 1.02 bits per heavy atom. The summed E-state index contributed by atoms with van der Waals surface area (Å²) in [5.74, 6) is 1.01. The van der Waals surface area contributed by atoms with Gasteiger partial charge in [0.1, 0.15) is 14.5 Å². The Bertz CT molecular complexity index is 2080. The number of methoxy groups -OCH3 is 1. The molecule has 0 spiro atoms. The molecule has 0 bridgehead atoms. The van der Waals surface area contributed by atoms with Crippen molar-refractivity contribution in [3.8, 4) is 16.9 Å². The first-order chi connectivity index (χ1) is 21.2. The van der Waals surface area contributed by atoms with Gasteiger partial charge in [0.05, 0.1) is 7.11 Å². The van der Waals surface area contributed by atoms with Crippen LogP contribution in [0.1, 0.15) is 11.1 Å². The quantitative estimate of drug-likeness (QED) is 0.148. The summed E-state index contributed by atoms with van der Waals surface area (Å²) in [7, 11) is 0.186. The van der Waals surface area contributed by atoms with Gasteiger partial charge in [-0.2, -0.15) is 0 Å². The molecule has 1 aliphatic rings. The fraction of sp³-hybridized carbons (Fsp3) is 0.100. The van der Waals surface area contributed by atoms with Crippen molar-refractivity contribution in [3.05, 3.63) is 145 Å². The highest BCUT2D eigenvalue weighted by atomic mass is 31.1. The molecule has 0 unspecified atom stereocenters. The zero-order chi connectivity index (χ0) is 28.9. The van der Waals surface area contributed by atoms with Crippen LogP contribution in [-0.2, 0) is 12.3 Å². The molecule has 0 saturated heterocycles. The Kier molecular flexibility index (Phi) is 6.63. The van der Waals surface area contributed by atoms with Crippen LogP contribution >= 0.6 is 7.92 Å². The van der Waals surface area contributed by atoms with Crippen LogP contribution in [0.25, 0.3) is 43.4 Å². The van der Waals surface area contributed by atoms with E-state index in [0.717, 1.165) is 18.1 Å². The van der Waals surface area contributed by atoms with Crippen LogP contribution in [0.2, 0.25) is 6.55 Å². The normalized spacial score (nSPS) is 13.3. The predicted molar refractivity (Wildman–Crippen MR) is 189 cm³/mol. The van der Waals surface area contributed by atoms with Gasteiger partial charge in [0, 0.05) is 0 Å². The van der Waals surface area contributed by atoms with Crippen molar-refractivity contribution >= 4 is 64.7 Å². The van der Waals surface area contributed by atoms with E-state index in [-0.39, 0.29) is 0 Å². The molecule has 8 rings (SSSR count). The summed E-state index contributed by atoms with van der Waals surface area (Å²) in [5, 5.41) is 12.4. The largest absolute Gasteiger partial charge is 0.497 e. The van der Waals surface area contributed by atoms with E-state index < -0.39 is 16.7 Å². The van der Waals surface area contributed by atoms with E-state index in [1.54, 1.807) is 5.30 Å². The van der Waals surface area contributed by atoms with E-state index >= 15 is 0 Å². The van der Waals surface area contributed by atoms with Crippen molar-refractivity contribution in [2.75, 3.05) is 7.11 Å². The molecule has 0 aliphatic carbocycles. The van der Waals surface area contributed by atoms with Gasteiger partial charge in [-0.15, -0.1) is 0 Å². The lowest BCUT2D eigenvalue weighted by Gasteiger charge is -2.25. The van der Waals surface area contributed by atoms with Crippen LogP contribution in [0.5, 0.6) is 5.75 Å². The minimum absolute atomic E-state index is 0.494. The Balaban J connectivity index is 1.34. The number of rotatable bonds is 4. The third-order valence-electron chi connectivity index (χ3n) is 9.14. The Morgan fingerprint density at radius 3 is 1.63 bits per heavy atom. The van der Waals surface area contributed by atoms with Gasteiger partial charge in [-0.25, -0.2) is 0 Å². The summed E-state index contributed by atoms with van der Waals surface area (Å²) < 4.78 is 6.01. The van der Waals surface area contributed by atoms with Gasteiger partial charge in [-0.05, 0) is 88.6 Å². The van der Waals surface area contributed by atoms with Crippen LogP contribution < -0.4 is 20.4 Å². The second-order valence-electron chi connectivity index (χ2n) is 11.5.